The van der Waals surface area contributed by atoms with Gasteiger partial charge in [0.05, 0.1) is 18.4 Å². The second kappa shape index (κ2) is 5.92. The first-order valence-corrected chi connectivity index (χ1v) is 7.93. The van der Waals surface area contributed by atoms with Crippen molar-refractivity contribution in [1.82, 2.24) is 4.37 Å². The Morgan fingerprint density at radius 1 is 1.56 bits per heavy atom. The zero-order valence-electron chi connectivity index (χ0n) is 9.02. The van der Waals surface area contributed by atoms with E-state index in [1.807, 2.05) is 0 Å². The van der Waals surface area contributed by atoms with Crippen LogP contribution in [-0.2, 0) is 4.74 Å². The van der Waals surface area contributed by atoms with Gasteiger partial charge in [-0.3, -0.25) is 0 Å². The van der Waals surface area contributed by atoms with Crippen molar-refractivity contribution in [3.63, 3.8) is 0 Å². The minimum atomic E-state index is -0.439. The summed E-state index contributed by atoms with van der Waals surface area (Å²) in [6, 6.07) is 5.13. The SMILES string of the molecule is COC(=O)c1ccc(Br)cc1N=c1ssnc1Cl. The third-order valence-electron chi connectivity index (χ3n) is 2.00. The Morgan fingerprint density at radius 3 is 2.94 bits per heavy atom. The predicted octanol–water partition coefficient (Wildman–Crippen LogP) is 3.64. The summed E-state index contributed by atoms with van der Waals surface area (Å²) < 4.78 is 10.0. The lowest BCUT2D eigenvalue weighted by molar-refractivity contribution is 0.0601. The Kier molecular flexibility index (Phi) is 4.50. The molecule has 0 atom stereocenters. The zero-order valence-corrected chi connectivity index (χ0v) is 13.0. The number of hydrogen-bond donors (Lipinski definition) is 0. The molecule has 1 heterocycles. The number of nitrogens with zero attached hydrogens (tertiary/aromatic N) is 2. The summed E-state index contributed by atoms with van der Waals surface area (Å²) in [6.45, 7) is 0. The minimum absolute atomic E-state index is 0.334. The first-order valence-electron chi connectivity index (χ1n) is 4.66. The van der Waals surface area contributed by atoms with E-state index in [1.54, 1.807) is 18.2 Å². The maximum Gasteiger partial charge on any atom is 0.340 e. The van der Waals surface area contributed by atoms with E-state index in [2.05, 4.69) is 25.3 Å². The molecule has 4 nitrogen and oxygen atoms in total. The highest BCUT2D eigenvalue weighted by Gasteiger charge is 2.12. The molecule has 0 spiro atoms. The molecule has 0 aliphatic rings. The molecule has 1 aromatic heterocycles. The lowest BCUT2D eigenvalue weighted by atomic mass is 10.2. The molecule has 0 unspecified atom stereocenters. The van der Waals surface area contributed by atoms with E-state index in [1.165, 1.54) is 28.0 Å². The highest BCUT2D eigenvalue weighted by atomic mass is 79.9. The Bertz CT molecular complexity index is 653. The summed E-state index contributed by atoms with van der Waals surface area (Å²) in [6.07, 6.45) is 0. The fourth-order valence-corrected chi connectivity index (χ4v) is 3.55. The van der Waals surface area contributed by atoms with Crippen molar-refractivity contribution in [2.45, 2.75) is 0 Å². The summed E-state index contributed by atoms with van der Waals surface area (Å²) >= 11 is 9.22. The van der Waals surface area contributed by atoms with Gasteiger partial charge < -0.3 is 4.74 Å². The van der Waals surface area contributed by atoms with Crippen molar-refractivity contribution in [2.75, 3.05) is 7.11 Å². The zero-order chi connectivity index (χ0) is 13.1. The van der Waals surface area contributed by atoms with Crippen LogP contribution in [0.4, 0.5) is 5.69 Å². The summed E-state index contributed by atoms with van der Waals surface area (Å²) in [5, 5.41) is 0.334. The fraction of sp³-hybridized carbons (Fsp3) is 0.100. The second-order valence-electron chi connectivity index (χ2n) is 3.11. The number of methoxy groups -OCH3 is 1. The molecule has 0 fully saturated rings. The standard InChI is InChI=1S/C10H6BrClN2O2S2/c1-16-10(15)6-3-2-5(11)4-7(6)13-9-8(12)14-18-17-9/h2-4H,1H3. The van der Waals surface area contributed by atoms with E-state index in [4.69, 9.17) is 16.3 Å². The van der Waals surface area contributed by atoms with Crippen LogP contribution in [0.25, 0.3) is 0 Å². The number of hydrogen-bond acceptors (Lipinski definition) is 6. The van der Waals surface area contributed by atoms with Crippen molar-refractivity contribution >= 4 is 60.1 Å². The minimum Gasteiger partial charge on any atom is -0.465 e. The summed E-state index contributed by atoms with van der Waals surface area (Å²) in [4.78, 5) is 16.0. The molecule has 0 aliphatic carbocycles. The van der Waals surface area contributed by atoms with Gasteiger partial charge in [0.2, 0.25) is 0 Å². The molecule has 1 aromatic carbocycles. The van der Waals surface area contributed by atoms with E-state index in [0.717, 1.165) is 4.47 Å². The molecular formula is C10H6BrClN2O2S2. The van der Waals surface area contributed by atoms with Gasteiger partial charge in [-0.15, -0.1) is 0 Å². The van der Waals surface area contributed by atoms with Crippen LogP contribution in [0.15, 0.2) is 27.7 Å². The maximum atomic E-state index is 11.6. The fourth-order valence-electron chi connectivity index (χ4n) is 1.21. The van der Waals surface area contributed by atoms with E-state index >= 15 is 0 Å². The van der Waals surface area contributed by atoms with Gasteiger partial charge in [-0.1, -0.05) is 27.5 Å². The normalized spacial score (nSPS) is 11.6. The van der Waals surface area contributed by atoms with Crippen LogP contribution in [0, 0.1) is 0 Å². The van der Waals surface area contributed by atoms with Crippen molar-refractivity contribution < 1.29 is 9.53 Å². The third-order valence-corrected chi connectivity index (χ3v) is 4.66. The number of esters is 1. The van der Waals surface area contributed by atoms with Gasteiger partial charge in [-0.05, 0) is 28.5 Å². The van der Waals surface area contributed by atoms with Crippen molar-refractivity contribution in [3.8, 4) is 0 Å². The van der Waals surface area contributed by atoms with E-state index in [0.29, 0.717) is 21.1 Å². The number of ether oxygens (including phenoxy) is 1. The Hall–Kier alpha value is -0.760. The molecule has 0 saturated heterocycles. The quantitative estimate of drug-likeness (QED) is 0.603. The molecule has 2 aromatic rings. The summed E-state index contributed by atoms with van der Waals surface area (Å²) in [5.41, 5.74) is 0.879. The Labute approximate surface area is 124 Å². The van der Waals surface area contributed by atoms with Crippen LogP contribution >= 0.6 is 48.4 Å². The van der Waals surface area contributed by atoms with Crippen LogP contribution in [0.3, 0.4) is 0 Å². The van der Waals surface area contributed by atoms with E-state index in [-0.39, 0.29) is 0 Å². The molecule has 0 amide bonds. The lowest BCUT2D eigenvalue weighted by Crippen LogP contribution is -2.03. The highest BCUT2D eigenvalue weighted by molar-refractivity contribution is 9.10. The molecular weight excluding hydrogens is 360 g/mol. The van der Waals surface area contributed by atoms with Gasteiger partial charge in [-0.25, -0.2) is 9.79 Å². The number of aromatic nitrogens is 1. The molecule has 8 heteroatoms. The first-order chi connectivity index (χ1) is 8.61. The molecule has 94 valence electrons. The van der Waals surface area contributed by atoms with Crippen LogP contribution in [-0.4, -0.2) is 17.5 Å². The van der Waals surface area contributed by atoms with Crippen molar-refractivity contribution in [2.24, 2.45) is 4.99 Å². The number of carbonyl (C=O) groups is 1. The second-order valence-corrected chi connectivity index (χ2v) is 6.22. The molecule has 0 saturated carbocycles. The van der Waals surface area contributed by atoms with Crippen molar-refractivity contribution in [3.05, 3.63) is 38.1 Å². The largest absolute Gasteiger partial charge is 0.465 e. The Balaban J connectivity index is 2.60. The molecule has 0 N–H and O–H groups in total. The van der Waals surface area contributed by atoms with Gasteiger partial charge in [0.25, 0.3) is 0 Å². The topological polar surface area (TPSA) is 51.5 Å². The van der Waals surface area contributed by atoms with Gasteiger partial charge in [0.1, 0.15) is 0 Å². The average molecular weight is 366 g/mol. The van der Waals surface area contributed by atoms with Crippen LogP contribution in [0.1, 0.15) is 10.4 Å². The third kappa shape index (κ3) is 2.97. The number of benzene rings is 1. The Morgan fingerprint density at radius 2 is 2.33 bits per heavy atom. The average Bonchev–Trinajstić information content (AvgIpc) is 2.74. The number of carbonyl (C=O) groups excluding carboxylic acids is 1. The van der Waals surface area contributed by atoms with Crippen molar-refractivity contribution in [1.29, 1.82) is 0 Å². The highest BCUT2D eigenvalue weighted by Crippen LogP contribution is 2.25. The molecule has 18 heavy (non-hydrogen) atoms. The van der Waals surface area contributed by atoms with E-state index in [9.17, 15) is 4.79 Å². The predicted molar refractivity (Wildman–Crippen MR) is 75.7 cm³/mol. The lowest BCUT2D eigenvalue weighted by Gasteiger charge is -2.03. The summed E-state index contributed by atoms with van der Waals surface area (Å²) in [5.74, 6) is -0.439. The van der Waals surface area contributed by atoms with E-state index < -0.39 is 5.97 Å². The van der Waals surface area contributed by atoms with Crippen LogP contribution in [0.2, 0.25) is 5.15 Å². The molecule has 0 radical (unpaired) electrons. The molecule has 0 bridgehead atoms. The maximum absolute atomic E-state index is 11.6. The van der Waals surface area contributed by atoms with Gasteiger partial charge in [0.15, 0.2) is 9.82 Å². The summed E-state index contributed by atoms with van der Waals surface area (Å²) in [7, 11) is 3.92. The smallest absolute Gasteiger partial charge is 0.340 e. The van der Waals surface area contributed by atoms with Crippen LogP contribution < -0.4 is 4.67 Å². The number of halogens is 2. The molecule has 2 rings (SSSR count). The first kappa shape index (κ1) is 13.7. The van der Waals surface area contributed by atoms with Gasteiger partial charge in [0, 0.05) is 15.0 Å². The number of rotatable bonds is 2. The van der Waals surface area contributed by atoms with Gasteiger partial charge in [-0.2, -0.15) is 4.37 Å². The van der Waals surface area contributed by atoms with Crippen LogP contribution in [0.5, 0.6) is 0 Å². The monoisotopic (exact) mass is 364 g/mol. The van der Waals surface area contributed by atoms with Gasteiger partial charge >= 0.3 is 5.97 Å². The molecule has 0 aliphatic heterocycles.